The molecule has 1 N–H and O–H groups in total. The molecule has 0 bridgehead atoms. The van der Waals surface area contributed by atoms with E-state index in [9.17, 15) is 5.11 Å². The van der Waals surface area contributed by atoms with Crippen molar-refractivity contribution in [1.82, 2.24) is 0 Å². The highest BCUT2D eigenvalue weighted by Gasteiger charge is 2.16. The Morgan fingerprint density at radius 3 is 2.25 bits per heavy atom. The Balaban J connectivity index is 2.23. The highest BCUT2D eigenvalue weighted by atomic mass is 32.1. The minimum Gasteiger partial charge on any atom is -0.507 e. The normalized spacial score (nSPS) is 11.5. The number of aromatic hydroxyl groups is 1. The smallest absolute Gasteiger partial charge is 0.121 e. The number of thiophene rings is 1. The van der Waals surface area contributed by atoms with Crippen molar-refractivity contribution < 1.29 is 5.11 Å². The Kier molecular flexibility index (Phi) is 3.40. The lowest BCUT2D eigenvalue weighted by molar-refractivity contribution is 0.467. The highest BCUT2D eigenvalue weighted by Crippen LogP contribution is 2.43. The van der Waals surface area contributed by atoms with Gasteiger partial charge in [-0.2, -0.15) is 0 Å². The van der Waals surface area contributed by atoms with Crippen LogP contribution in [-0.4, -0.2) is 5.11 Å². The topological polar surface area (TPSA) is 20.2 Å². The molecule has 0 radical (unpaired) electrons. The van der Waals surface area contributed by atoms with Crippen LogP contribution in [0.2, 0.25) is 0 Å². The summed E-state index contributed by atoms with van der Waals surface area (Å²) in [5.74, 6) is 0.397. The van der Waals surface area contributed by atoms with Crippen molar-refractivity contribution in [2.45, 2.75) is 27.7 Å². The van der Waals surface area contributed by atoms with Crippen LogP contribution in [0.5, 0.6) is 5.75 Å². The summed E-state index contributed by atoms with van der Waals surface area (Å²) in [5, 5.41) is 14.1. The molecule has 0 unspecified atom stereocenters. The SMILES string of the molecule is Cc1cc(-c2c3ccccc3cc3sc(C)c(C)c23)cc(C)c1O. The van der Waals surface area contributed by atoms with Crippen LogP contribution in [0.15, 0.2) is 42.5 Å². The van der Waals surface area contributed by atoms with Crippen molar-refractivity contribution in [2.24, 2.45) is 0 Å². The average molecular weight is 332 g/mol. The molecular formula is C22H20OS. The summed E-state index contributed by atoms with van der Waals surface area (Å²) in [5.41, 5.74) is 5.69. The lowest BCUT2D eigenvalue weighted by Crippen LogP contribution is -1.88. The van der Waals surface area contributed by atoms with Crippen LogP contribution in [0.25, 0.3) is 32.0 Å². The largest absolute Gasteiger partial charge is 0.507 e. The van der Waals surface area contributed by atoms with E-state index >= 15 is 0 Å². The van der Waals surface area contributed by atoms with E-state index in [1.54, 1.807) is 0 Å². The first-order chi connectivity index (χ1) is 11.5. The summed E-state index contributed by atoms with van der Waals surface area (Å²) < 4.78 is 1.34. The van der Waals surface area contributed by atoms with Gasteiger partial charge in [-0.05, 0) is 84.5 Å². The zero-order chi connectivity index (χ0) is 17.0. The standard InChI is InChI=1S/C22H20OS/c1-12-9-17(10-13(2)22(12)23)21-18-8-6-5-7-16(18)11-19-20(21)14(3)15(4)24-19/h5-11,23H,1-4H3. The van der Waals surface area contributed by atoms with Gasteiger partial charge >= 0.3 is 0 Å². The molecular weight excluding hydrogens is 312 g/mol. The second-order valence-corrected chi connectivity index (χ2v) is 7.84. The van der Waals surface area contributed by atoms with E-state index in [0.717, 1.165) is 11.1 Å². The van der Waals surface area contributed by atoms with E-state index in [0.29, 0.717) is 5.75 Å². The van der Waals surface area contributed by atoms with Gasteiger partial charge in [0.15, 0.2) is 0 Å². The predicted octanol–water partition coefficient (Wildman–Crippen LogP) is 6.66. The first kappa shape index (κ1) is 15.2. The molecule has 0 aliphatic carbocycles. The van der Waals surface area contributed by atoms with Gasteiger partial charge in [0, 0.05) is 15.0 Å². The summed E-state index contributed by atoms with van der Waals surface area (Å²) >= 11 is 1.86. The van der Waals surface area contributed by atoms with Crippen LogP contribution in [0.1, 0.15) is 21.6 Å². The maximum absolute atomic E-state index is 10.2. The molecule has 1 nitrogen and oxygen atoms in total. The number of fused-ring (bicyclic) bond motifs is 2. The van der Waals surface area contributed by atoms with Gasteiger partial charge in [-0.25, -0.2) is 0 Å². The Hall–Kier alpha value is -2.32. The molecule has 0 atom stereocenters. The first-order valence-electron chi connectivity index (χ1n) is 8.19. The number of hydrogen-bond acceptors (Lipinski definition) is 2. The third-order valence-electron chi connectivity index (χ3n) is 4.96. The van der Waals surface area contributed by atoms with Crippen molar-refractivity contribution in [3.8, 4) is 16.9 Å². The molecule has 3 aromatic carbocycles. The fourth-order valence-electron chi connectivity index (χ4n) is 3.59. The maximum atomic E-state index is 10.2. The Morgan fingerprint density at radius 1 is 0.875 bits per heavy atom. The Bertz CT molecular complexity index is 1080. The van der Waals surface area contributed by atoms with Crippen LogP contribution in [0.3, 0.4) is 0 Å². The molecule has 1 aromatic heterocycles. The second-order valence-electron chi connectivity index (χ2n) is 6.59. The number of phenolic OH excluding ortho intramolecular Hbond substituents is 1. The minimum atomic E-state index is 0.397. The molecule has 0 aliphatic heterocycles. The van der Waals surface area contributed by atoms with E-state index in [1.807, 2.05) is 25.2 Å². The quantitative estimate of drug-likeness (QED) is 0.413. The zero-order valence-corrected chi connectivity index (χ0v) is 15.2. The van der Waals surface area contributed by atoms with Gasteiger partial charge < -0.3 is 5.11 Å². The number of benzene rings is 3. The monoisotopic (exact) mass is 332 g/mol. The lowest BCUT2D eigenvalue weighted by atomic mass is 9.91. The van der Waals surface area contributed by atoms with Crippen molar-refractivity contribution >= 4 is 32.2 Å². The molecule has 0 saturated carbocycles. The van der Waals surface area contributed by atoms with Gasteiger partial charge in [-0.15, -0.1) is 11.3 Å². The molecule has 4 rings (SSSR count). The van der Waals surface area contributed by atoms with Gasteiger partial charge in [0.1, 0.15) is 5.75 Å². The molecule has 4 aromatic rings. The van der Waals surface area contributed by atoms with E-state index in [2.05, 4.69) is 56.3 Å². The van der Waals surface area contributed by atoms with Crippen LogP contribution in [0.4, 0.5) is 0 Å². The lowest BCUT2D eigenvalue weighted by Gasteiger charge is -2.13. The molecule has 2 heteroatoms. The summed E-state index contributed by atoms with van der Waals surface area (Å²) in [7, 11) is 0. The first-order valence-corrected chi connectivity index (χ1v) is 9.01. The molecule has 24 heavy (non-hydrogen) atoms. The van der Waals surface area contributed by atoms with Gasteiger partial charge in [-0.3, -0.25) is 0 Å². The third-order valence-corrected chi connectivity index (χ3v) is 6.11. The number of hydrogen-bond donors (Lipinski definition) is 1. The zero-order valence-electron chi connectivity index (χ0n) is 14.4. The summed E-state index contributed by atoms with van der Waals surface area (Å²) in [4.78, 5) is 1.37. The van der Waals surface area contributed by atoms with Gasteiger partial charge in [0.2, 0.25) is 0 Å². The van der Waals surface area contributed by atoms with Crippen LogP contribution >= 0.6 is 11.3 Å². The van der Waals surface area contributed by atoms with Crippen LogP contribution in [0, 0.1) is 27.7 Å². The van der Waals surface area contributed by atoms with Crippen LogP contribution in [-0.2, 0) is 0 Å². The maximum Gasteiger partial charge on any atom is 0.121 e. The molecule has 0 saturated heterocycles. The van der Waals surface area contributed by atoms with E-state index in [-0.39, 0.29) is 0 Å². The van der Waals surface area contributed by atoms with E-state index in [1.165, 1.54) is 42.4 Å². The Morgan fingerprint density at radius 2 is 1.54 bits per heavy atom. The third kappa shape index (κ3) is 2.14. The summed E-state index contributed by atoms with van der Waals surface area (Å²) in [6.45, 7) is 8.36. The molecule has 0 amide bonds. The van der Waals surface area contributed by atoms with Crippen molar-refractivity contribution in [1.29, 1.82) is 0 Å². The Labute approximate surface area is 146 Å². The van der Waals surface area contributed by atoms with Crippen molar-refractivity contribution in [3.63, 3.8) is 0 Å². The van der Waals surface area contributed by atoms with Crippen LogP contribution < -0.4 is 0 Å². The fourth-order valence-corrected chi connectivity index (χ4v) is 4.72. The van der Waals surface area contributed by atoms with Crippen molar-refractivity contribution in [2.75, 3.05) is 0 Å². The van der Waals surface area contributed by atoms with E-state index in [4.69, 9.17) is 0 Å². The second kappa shape index (κ2) is 5.35. The summed E-state index contributed by atoms with van der Waals surface area (Å²) in [6.07, 6.45) is 0. The van der Waals surface area contributed by atoms with Gasteiger partial charge in [-0.1, -0.05) is 24.3 Å². The molecule has 0 fully saturated rings. The molecule has 0 spiro atoms. The fraction of sp³-hybridized carbons (Fsp3) is 0.182. The number of phenols is 1. The minimum absolute atomic E-state index is 0.397. The van der Waals surface area contributed by atoms with Crippen molar-refractivity contribution in [3.05, 3.63) is 64.0 Å². The van der Waals surface area contributed by atoms with E-state index < -0.39 is 0 Å². The van der Waals surface area contributed by atoms with Gasteiger partial charge in [0.05, 0.1) is 0 Å². The molecule has 0 aliphatic rings. The molecule has 120 valence electrons. The number of rotatable bonds is 1. The predicted molar refractivity (Wildman–Crippen MR) is 105 cm³/mol. The average Bonchev–Trinajstić information content (AvgIpc) is 2.84. The van der Waals surface area contributed by atoms with Gasteiger partial charge in [0.25, 0.3) is 0 Å². The highest BCUT2D eigenvalue weighted by molar-refractivity contribution is 7.19. The molecule has 1 heterocycles. The number of aryl methyl sites for hydroxylation is 4. The summed E-state index contributed by atoms with van der Waals surface area (Å²) in [6, 6.07) is 15.1.